The van der Waals surface area contributed by atoms with Gasteiger partial charge in [0.25, 0.3) is 0 Å². The molecule has 1 fully saturated rings. The van der Waals surface area contributed by atoms with Crippen LogP contribution in [-0.4, -0.2) is 65.4 Å². The smallest absolute Gasteiger partial charge is 0.412 e. The molecule has 178 valence electrons. The van der Waals surface area contributed by atoms with Crippen LogP contribution >= 0.6 is 0 Å². The van der Waals surface area contributed by atoms with E-state index in [0.717, 1.165) is 5.56 Å². The molecular formula is C23H30FN5O4. The number of hydrogen-bond donors (Lipinski definition) is 1. The lowest BCUT2D eigenvalue weighted by molar-refractivity contribution is 0.0218. The average Bonchev–Trinajstić information content (AvgIpc) is 2.73. The molecule has 10 heteroatoms. The number of piperazine rings is 1. The topological polar surface area (TPSA) is 96.9 Å². The van der Waals surface area contributed by atoms with Crippen LogP contribution in [0.2, 0.25) is 0 Å². The van der Waals surface area contributed by atoms with E-state index in [1.54, 1.807) is 23.2 Å². The first-order valence-corrected chi connectivity index (χ1v) is 10.7. The van der Waals surface area contributed by atoms with Gasteiger partial charge in [0, 0.05) is 37.9 Å². The number of nitrogens with zero attached hydrogens (tertiary/aromatic N) is 4. The van der Waals surface area contributed by atoms with Gasteiger partial charge in [-0.05, 0) is 63.4 Å². The van der Waals surface area contributed by atoms with Gasteiger partial charge in [0.1, 0.15) is 17.2 Å². The van der Waals surface area contributed by atoms with Crippen molar-refractivity contribution in [2.45, 2.75) is 46.3 Å². The summed E-state index contributed by atoms with van der Waals surface area (Å²) < 4.78 is 24.6. The number of nitrogens with one attached hydrogen (secondary N) is 1. The zero-order chi connectivity index (χ0) is 24.3. The number of aryl methyl sites for hydroxylation is 1. The molecule has 0 radical (unpaired) electrons. The van der Waals surface area contributed by atoms with E-state index >= 15 is 0 Å². The van der Waals surface area contributed by atoms with E-state index in [0.29, 0.717) is 42.4 Å². The molecule has 0 spiro atoms. The fourth-order valence-corrected chi connectivity index (χ4v) is 3.63. The summed E-state index contributed by atoms with van der Waals surface area (Å²) in [6, 6.07) is 4.71. The predicted octanol–water partition coefficient (Wildman–Crippen LogP) is 4.22. The number of hydrogen-bond acceptors (Lipinski definition) is 7. The summed E-state index contributed by atoms with van der Waals surface area (Å²) in [5, 5.41) is 2.52. The molecule has 3 heterocycles. The van der Waals surface area contributed by atoms with Crippen LogP contribution in [0.4, 0.5) is 25.6 Å². The molecule has 33 heavy (non-hydrogen) atoms. The number of ether oxygens (including phenoxy) is 2. The maximum atomic E-state index is 14.6. The zero-order valence-corrected chi connectivity index (χ0v) is 19.8. The Morgan fingerprint density at radius 2 is 1.94 bits per heavy atom. The highest BCUT2D eigenvalue weighted by atomic mass is 19.1. The number of carbonyl (C=O) groups excluding carboxylic acids is 2. The second-order valence-electron chi connectivity index (χ2n) is 9.01. The van der Waals surface area contributed by atoms with E-state index in [9.17, 15) is 14.0 Å². The number of carbonyl (C=O) groups is 2. The molecule has 0 saturated carbocycles. The Balaban J connectivity index is 1.84. The lowest BCUT2D eigenvalue weighted by atomic mass is 10.0. The first kappa shape index (κ1) is 24.2. The van der Waals surface area contributed by atoms with Crippen LogP contribution in [0.3, 0.4) is 0 Å². The number of amides is 2. The Bertz CT molecular complexity index is 1040. The first-order chi connectivity index (χ1) is 15.5. The highest BCUT2D eigenvalue weighted by Gasteiger charge is 2.30. The molecule has 2 amide bonds. The van der Waals surface area contributed by atoms with E-state index in [-0.39, 0.29) is 12.1 Å². The minimum atomic E-state index is -0.643. The van der Waals surface area contributed by atoms with Crippen molar-refractivity contribution in [1.29, 1.82) is 0 Å². The van der Waals surface area contributed by atoms with E-state index in [4.69, 9.17) is 4.74 Å². The largest absolute Gasteiger partial charge is 0.453 e. The Labute approximate surface area is 192 Å². The molecule has 1 aliphatic heterocycles. The third-order valence-electron chi connectivity index (χ3n) is 5.18. The van der Waals surface area contributed by atoms with Gasteiger partial charge < -0.3 is 19.3 Å². The molecular weight excluding hydrogens is 429 g/mol. The number of anilines is 2. The molecule has 2 aromatic rings. The second kappa shape index (κ2) is 9.60. The quantitative estimate of drug-likeness (QED) is 0.687. The predicted molar refractivity (Wildman–Crippen MR) is 123 cm³/mol. The van der Waals surface area contributed by atoms with Crippen molar-refractivity contribution in [3.8, 4) is 11.1 Å². The highest BCUT2D eigenvalue weighted by molar-refractivity contribution is 5.84. The van der Waals surface area contributed by atoms with Crippen LogP contribution in [0.25, 0.3) is 11.1 Å². The number of rotatable bonds is 3. The molecule has 0 aliphatic carbocycles. The standard InChI is InChI=1S/C23H30FN5O4/c1-14-12-25-19(27-21(30)32-6)11-17(14)16-9-18(24)26-20(10-16)29-8-7-28(13-15(29)2)22(31)33-23(3,4)5/h9-12,15H,7-8,13H2,1-6H3,(H,25,27,30)/t15-/m0/s1. The third kappa shape index (κ3) is 6.09. The Kier molecular flexibility index (Phi) is 7.04. The van der Waals surface area contributed by atoms with Gasteiger partial charge in [-0.25, -0.2) is 19.6 Å². The minimum Gasteiger partial charge on any atom is -0.453 e. The SMILES string of the molecule is COC(=O)Nc1cc(-c2cc(F)nc(N3CCN(C(=O)OC(C)(C)C)C[C@@H]3C)c2)c(C)cn1. The number of pyridine rings is 2. The Morgan fingerprint density at radius 3 is 2.58 bits per heavy atom. The van der Waals surface area contributed by atoms with E-state index in [2.05, 4.69) is 20.0 Å². The molecule has 1 atom stereocenters. The minimum absolute atomic E-state index is 0.0940. The molecule has 1 N–H and O–H groups in total. The second-order valence-corrected chi connectivity index (χ2v) is 9.01. The number of aromatic nitrogens is 2. The van der Waals surface area contributed by atoms with Crippen LogP contribution in [-0.2, 0) is 9.47 Å². The summed E-state index contributed by atoms with van der Waals surface area (Å²) in [6.07, 6.45) is 0.594. The lowest BCUT2D eigenvalue weighted by Crippen LogP contribution is -2.54. The van der Waals surface area contributed by atoms with Gasteiger partial charge >= 0.3 is 12.2 Å². The van der Waals surface area contributed by atoms with Crippen molar-refractivity contribution in [3.63, 3.8) is 0 Å². The highest BCUT2D eigenvalue weighted by Crippen LogP contribution is 2.30. The fourth-order valence-electron chi connectivity index (χ4n) is 3.63. The summed E-state index contributed by atoms with van der Waals surface area (Å²) in [5.41, 5.74) is 1.55. The molecule has 0 unspecified atom stereocenters. The van der Waals surface area contributed by atoms with Crippen molar-refractivity contribution < 1.29 is 23.5 Å². The van der Waals surface area contributed by atoms with Crippen LogP contribution in [0.1, 0.15) is 33.3 Å². The normalized spacial score (nSPS) is 16.4. The van der Waals surface area contributed by atoms with Crippen molar-refractivity contribution in [2.24, 2.45) is 0 Å². The van der Waals surface area contributed by atoms with Crippen LogP contribution in [0.15, 0.2) is 24.4 Å². The summed E-state index contributed by atoms with van der Waals surface area (Å²) >= 11 is 0. The van der Waals surface area contributed by atoms with Gasteiger partial charge in [-0.2, -0.15) is 4.39 Å². The maximum Gasteiger partial charge on any atom is 0.412 e. The van der Waals surface area contributed by atoms with Crippen molar-refractivity contribution in [1.82, 2.24) is 14.9 Å². The summed E-state index contributed by atoms with van der Waals surface area (Å²) in [5.74, 6) is 0.142. The monoisotopic (exact) mass is 459 g/mol. The lowest BCUT2D eigenvalue weighted by Gasteiger charge is -2.40. The molecule has 0 bridgehead atoms. The molecule has 2 aromatic heterocycles. The molecule has 0 aromatic carbocycles. The first-order valence-electron chi connectivity index (χ1n) is 10.7. The van der Waals surface area contributed by atoms with Gasteiger partial charge in [0.2, 0.25) is 5.95 Å². The molecule has 3 rings (SSSR count). The number of methoxy groups -OCH3 is 1. The molecule has 9 nitrogen and oxygen atoms in total. The van der Waals surface area contributed by atoms with Crippen molar-refractivity contribution >= 4 is 23.8 Å². The summed E-state index contributed by atoms with van der Waals surface area (Å²) in [4.78, 5) is 35.8. The summed E-state index contributed by atoms with van der Waals surface area (Å²) in [7, 11) is 1.26. The fraction of sp³-hybridized carbons (Fsp3) is 0.478. The maximum absolute atomic E-state index is 14.6. The zero-order valence-electron chi connectivity index (χ0n) is 19.8. The van der Waals surface area contributed by atoms with Gasteiger partial charge in [0.05, 0.1) is 7.11 Å². The van der Waals surface area contributed by atoms with Gasteiger partial charge in [-0.3, -0.25) is 5.32 Å². The Morgan fingerprint density at radius 1 is 1.21 bits per heavy atom. The molecule has 1 saturated heterocycles. The van der Waals surface area contributed by atoms with Gasteiger partial charge in [0.15, 0.2) is 0 Å². The third-order valence-corrected chi connectivity index (χ3v) is 5.18. The Hall–Kier alpha value is -3.43. The van der Waals surface area contributed by atoms with Gasteiger partial charge in [-0.15, -0.1) is 0 Å². The van der Waals surface area contributed by atoms with Gasteiger partial charge in [-0.1, -0.05) is 0 Å². The van der Waals surface area contributed by atoms with Crippen LogP contribution in [0.5, 0.6) is 0 Å². The average molecular weight is 460 g/mol. The van der Waals surface area contributed by atoms with Crippen LogP contribution < -0.4 is 10.2 Å². The van der Waals surface area contributed by atoms with Crippen molar-refractivity contribution in [2.75, 3.05) is 37.0 Å². The van der Waals surface area contributed by atoms with Crippen LogP contribution in [0, 0.1) is 12.9 Å². The molecule has 1 aliphatic rings. The van der Waals surface area contributed by atoms with E-state index < -0.39 is 17.6 Å². The van der Waals surface area contributed by atoms with E-state index in [1.807, 2.05) is 39.5 Å². The van der Waals surface area contributed by atoms with Crippen molar-refractivity contribution in [3.05, 3.63) is 35.9 Å². The number of halogens is 1. The summed E-state index contributed by atoms with van der Waals surface area (Å²) in [6.45, 7) is 10.7. The van der Waals surface area contributed by atoms with E-state index in [1.165, 1.54) is 13.2 Å².